The summed E-state index contributed by atoms with van der Waals surface area (Å²) >= 11 is 0. The summed E-state index contributed by atoms with van der Waals surface area (Å²) in [4.78, 5) is 6.22. The van der Waals surface area contributed by atoms with Crippen LogP contribution < -0.4 is 4.90 Å². The summed E-state index contributed by atoms with van der Waals surface area (Å²) in [6, 6.07) is 9.87. The number of benzene rings is 1. The molecule has 2 aromatic heterocycles. The molecule has 0 amide bonds. The Labute approximate surface area is 139 Å². The summed E-state index contributed by atoms with van der Waals surface area (Å²) in [6.45, 7) is 2.53. The van der Waals surface area contributed by atoms with Crippen molar-refractivity contribution in [3.63, 3.8) is 0 Å². The monoisotopic (exact) mass is 327 g/mol. The number of anilines is 1. The van der Waals surface area contributed by atoms with Gasteiger partial charge in [-0.2, -0.15) is 4.98 Å². The minimum absolute atomic E-state index is 0.273. The van der Waals surface area contributed by atoms with Crippen molar-refractivity contribution in [2.45, 2.75) is 26.3 Å². The predicted molar refractivity (Wildman–Crippen MR) is 87.8 cm³/mol. The van der Waals surface area contributed by atoms with Crippen molar-refractivity contribution in [2.75, 3.05) is 11.9 Å². The first-order valence-corrected chi connectivity index (χ1v) is 7.78. The van der Waals surface area contributed by atoms with Crippen LogP contribution >= 0.6 is 0 Å². The Hall–Kier alpha value is -2.83. The number of halogens is 1. The predicted octanol–water partition coefficient (Wildman–Crippen LogP) is 3.25. The number of hydrogen-bond donors (Lipinski definition) is 0. The number of aryl methyl sites for hydroxylation is 1. The molecule has 0 aliphatic heterocycles. The van der Waals surface area contributed by atoms with E-state index in [1.165, 1.54) is 12.1 Å². The van der Waals surface area contributed by atoms with Gasteiger partial charge in [-0.25, -0.2) is 4.39 Å². The summed E-state index contributed by atoms with van der Waals surface area (Å²) in [6.07, 6.45) is 1.78. The highest BCUT2D eigenvalue weighted by Gasteiger charge is 2.11. The lowest BCUT2D eigenvalue weighted by molar-refractivity contribution is 0.372. The largest absolute Gasteiger partial charge is 0.349 e. The molecule has 0 atom stereocenters. The first-order valence-electron chi connectivity index (χ1n) is 7.78. The van der Waals surface area contributed by atoms with Crippen molar-refractivity contribution in [3.05, 3.63) is 53.9 Å². The molecule has 3 rings (SSSR count). The Kier molecular flexibility index (Phi) is 4.79. The molecule has 0 saturated heterocycles. The second-order valence-corrected chi connectivity index (χ2v) is 5.49. The molecular weight excluding hydrogens is 309 g/mol. The maximum Gasteiger partial charge on any atom is 0.246 e. The zero-order chi connectivity index (χ0) is 16.9. The number of rotatable bonds is 6. The van der Waals surface area contributed by atoms with Gasteiger partial charge in [-0.1, -0.05) is 12.1 Å². The van der Waals surface area contributed by atoms with Crippen LogP contribution in [-0.4, -0.2) is 27.4 Å². The lowest BCUT2D eigenvalue weighted by Crippen LogP contribution is -2.18. The highest BCUT2D eigenvalue weighted by molar-refractivity contribution is 5.59. The molecule has 7 heteroatoms. The summed E-state index contributed by atoms with van der Waals surface area (Å²) < 4.78 is 18.2. The van der Waals surface area contributed by atoms with Crippen LogP contribution in [0.15, 0.2) is 40.9 Å². The average molecular weight is 327 g/mol. The van der Waals surface area contributed by atoms with E-state index in [4.69, 9.17) is 4.52 Å². The van der Waals surface area contributed by atoms with Crippen LogP contribution in [0.3, 0.4) is 0 Å². The molecule has 2 heterocycles. The van der Waals surface area contributed by atoms with Gasteiger partial charge in [0.1, 0.15) is 5.82 Å². The number of nitrogens with zero attached hydrogens (tertiary/aromatic N) is 5. The third-order valence-corrected chi connectivity index (χ3v) is 3.54. The Morgan fingerprint density at radius 1 is 1.08 bits per heavy atom. The van der Waals surface area contributed by atoms with Gasteiger partial charge in [-0.15, -0.1) is 10.2 Å². The fourth-order valence-corrected chi connectivity index (χ4v) is 2.27. The molecule has 0 fully saturated rings. The number of hydrogen-bond acceptors (Lipinski definition) is 6. The maximum atomic E-state index is 13.0. The Balaban J connectivity index is 1.68. The highest BCUT2D eigenvalue weighted by Crippen LogP contribution is 2.19. The molecule has 24 heavy (non-hydrogen) atoms. The van der Waals surface area contributed by atoms with Crippen LogP contribution in [0.1, 0.15) is 25.1 Å². The van der Waals surface area contributed by atoms with Gasteiger partial charge in [0, 0.05) is 19.0 Å². The molecule has 0 radical (unpaired) electrons. The van der Waals surface area contributed by atoms with Crippen LogP contribution in [0, 0.1) is 5.82 Å². The second-order valence-electron chi connectivity index (χ2n) is 5.49. The quantitative estimate of drug-likeness (QED) is 0.692. The molecule has 0 aliphatic carbocycles. The van der Waals surface area contributed by atoms with E-state index in [2.05, 4.69) is 27.3 Å². The standard InChI is InChI=1S/C17H18FN5O/c1-3-4-15-19-17(24-22-15)11-23(2)16-10-9-14(20-21-16)12-5-7-13(18)8-6-12/h5-10H,3-4,11H2,1-2H3. The van der Waals surface area contributed by atoms with Crippen molar-refractivity contribution in [1.82, 2.24) is 20.3 Å². The van der Waals surface area contributed by atoms with Crippen molar-refractivity contribution in [2.24, 2.45) is 0 Å². The van der Waals surface area contributed by atoms with Gasteiger partial charge in [0.2, 0.25) is 5.89 Å². The topological polar surface area (TPSA) is 67.9 Å². The van der Waals surface area contributed by atoms with Gasteiger partial charge in [0.15, 0.2) is 11.6 Å². The summed E-state index contributed by atoms with van der Waals surface area (Å²) in [5, 5.41) is 12.3. The zero-order valence-corrected chi connectivity index (χ0v) is 13.6. The van der Waals surface area contributed by atoms with Gasteiger partial charge >= 0.3 is 0 Å². The summed E-state index contributed by atoms with van der Waals surface area (Å²) in [7, 11) is 1.88. The zero-order valence-electron chi connectivity index (χ0n) is 13.6. The van der Waals surface area contributed by atoms with E-state index < -0.39 is 0 Å². The van der Waals surface area contributed by atoms with Crippen LogP contribution in [-0.2, 0) is 13.0 Å². The first-order chi connectivity index (χ1) is 11.7. The fourth-order valence-electron chi connectivity index (χ4n) is 2.27. The van der Waals surface area contributed by atoms with Gasteiger partial charge < -0.3 is 9.42 Å². The van der Waals surface area contributed by atoms with Crippen LogP contribution in [0.5, 0.6) is 0 Å². The van der Waals surface area contributed by atoms with Gasteiger partial charge in [-0.3, -0.25) is 0 Å². The first kappa shape index (κ1) is 16.0. The van der Waals surface area contributed by atoms with Crippen LogP contribution in [0.4, 0.5) is 10.2 Å². The van der Waals surface area contributed by atoms with Gasteiger partial charge in [0.25, 0.3) is 0 Å². The summed E-state index contributed by atoms with van der Waals surface area (Å²) in [5.41, 5.74) is 1.51. The van der Waals surface area contributed by atoms with Crippen molar-refractivity contribution in [3.8, 4) is 11.3 Å². The molecule has 0 spiro atoms. The lowest BCUT2D eigenvalue weighted by atomic mass is 10.1. The Bertz CT molecular complexity index is 786. The summed E-state index contributed by atoms with van der Waals surface area (Å²) in [5.74, 6) is 1.69. The molecule has 0 saturated carbocycles. The van der Waals surface area contributed by atoms with Crippen LogP contribution in [0.25, 0.3) is 11.3 Å². The molecule has 0 aliphatic rings. The second kappa shape index (κ2) is 7.16. The lowest BCUT2D eigenvalue weighted by Gasteiger charge is -2.15. The van der Waals surface area contributed by atoms with E-state index in [0.29, 0.717) is 23.9 Å². The third kappa shape index (κ3) is 3.73. The van der Waals surface area contributed by atoms with Gasteiger partial charge in [0.05, 0.1) is 12.2 Å². The molecule has 124 valence electrons. The molecule has 0 unspecified atom stereocenters. The average Bonchev–Trinajstić information content (AvgIpc) is 3.03. The molecule has 0 N–H and O–H groups in total. The third-order valence-electron chi connectivity index (χ3n) is 3.54. The van der Waals surface area contributed by atoms with Crippen molar-refractivity contribution in [1.29, 1.82) is 0 Å². The Morgan fingerprint density at radius 3 is 2.54 bits per heavy atom. The highest BCUT2D eigenvalue weighted by atomic mass is 19.1. The Morgan fingerprint density at radius 2 is 1.88 bits per heavy atom. The van der Waals surface area contributed by atoms with E-state index in [-0.39, 0.29) is 5.82 Å². The van der Waals surface area contributed by atoms with Gasteiger partial charge in [-0.05, 0) is 42.8 Å². The van der Waals surface area contributed by atoms with Crippen molar-refractivity contribution >= 4 is 5.82 Å². The SMILES string of the molecule is CCCc1noc(CN(C)c2ccc(-c3ccc(F)cc3)nn2)n1. The minimum Gasteiger partial charge on any atom is -0.349 e. The van der Waals surface area contributed by atoms with E-state index in [1.54, 1.807) is 12.1 Å². The number of aromatic nitrogens is 4. The van der Waals surface area contributed by atoms with Crippen molar-refractivity contribution < 1.29 is 8.91 Å². The normalized spacial score (nSPS) is 10.8. The van der Waals surface area contributed by atoms with Crippen LogP contribution in [0.2, 0.25) is 0 Å². The molecule has 6 nitrogen and oxygen atoms in total. The van der Waals surface area contributed by atoms with E-state index >= 15 is 0 Å². The van der Waals surface area contributed by atoms with E-state index in [0.717, 1.165) is 24.2 Å². The molecular formula is C17H18FN5O. The molecule has 1 aromatic carbocycles. The minimum atomic E-state index is -0.273. The molecule has 0 bridgehead atoms. The fraction of sp³-hybridized carbons (Fsp3) is 0.294. The van der Waals surface area contributed by atoms with E-state index in [1.807, 2.05) is 24.1 Å². The maximum absolute atomic E-state index is 13.0. The molecule has 3 aromatic rings. The smallest absolute Gasteiger partial charge is 0.246 e. The van der Waals surface area contributed by atoms with E-state index in [9.17, 15) is 4.39 Å².